The third-order valence-corrected chi connectivity index (χ3v) is 4.13. The average molecular weight is 461 g/mol. The van der Waals surface area contributed by atoms with Crippen LogP contribution in [0.1, 0.15) is 37.8 Å². The average Bonchev–Trinajstić information content (AvgIpc) is 2.29. The lowest BCUT2D eigenvalue weighted by Gasteiger charge is -2.20. The number of aliphatic hydroxyl groups is 1. The predicted octanol–water partition coefficient (Wildman–Crippen LogP) is 3.15. The summed E-state index contributed by atoms with van der Waals surface area (Å²) in [6, 6.07) is 3.19. The first kappa shape index (κ1) is 15.5. The molecule has 0 saturated heterocycles. The second-order valence-electron chi connectivity index (χ2n) is 4.06. The van der Waals surface area contributed by atoms with E-state index in [9.17, 15) is 10.2 Å². The van der Waals surface area contributed by atoms with Crippen LogP contribution in [0.15, 0.2) is 12.1 Å². The van der Waals surface area contributed by atoms with E-state index in [1.165, 1.54) is 0 Å². The number of nitrogens with two attached hydrogens (primary N) is 1. The molecule has 1 aromatic carbocycles. The Morgan fingerprint density at radius 3 is 2.59 bits per heavy atom. The van der Waals surface area contributed by atoms with Crippen molar-refractivity contribution in [3.05, 3.63) is 24.8 Å². The van der Waals surface area contributed by atoms with Gasteiger partial charge in [-0.05, 0) is 63.7 Å². The zero-order chi connectivity index (χ0) is 13.0. The van der Waals surface area contributed by atoms with Crippen molar-refractivity contribution >= 4 is 45.2 Å². The van der Waals surface area contributed by atoms with Crippen LogP contribution in [-0.2, 0) is 0 Å². The molecule has 2 atom stereocenters. The van der Waals surface area contributed by atoms with Gasteiger partial charge in [0.15, 0.2) is 0 Å². The van der Waals surface area contributed by atoms with Gasteiger partial charge in [0.25, 0.3) is 0 Å². The zero-order valence-corrected chi connectivity index (χ0v) is 14.0. The minimum atomic E-state index is -0.602. The molecule has 3 nitrogen and oxygen atoms in total. The second-order valence-corrected chi connectivity index (χ2v) is 6.47. The number of hydrogen-bond donors (Lipinski definition) is 3. The largest absolute Gasteiger partial charge is 0.506 e. The van der Waals surface area contributed by atoms with Crippen molar-refractivity contribution in [2.24, 2.45) is 5.73 Å². The van der Waals surface area contributed by atoms with E-state index in [1.54, 1.807) is 0 Å². The highest BCUT2D eigenvalue weighted by atomic mass is 127. The third kappa shape index (κ3) is 4.22. The summed E-state index contributed by atoms with van der Waals surface area (Å²) in [5.41, 5.74) is 6.63. The number of phenols is 1. The second kappa shape index (κ2) is 7.10. The first-order chi connectivity index (χ1) is 7.97. The fourth-order valence-corrected chi connectivity index (χ4v) is 3.53. The topological polar surface area (TPSA) is 66.5 Å². The molecule has 0 aliphatic rings. The number of unbranched alkanes of at least 4 members (excludes halogenated alkanes) is 1. The number of phenolic OH excluding ortho intramolecular Hbond substituents is 1. The van der Waals surface area contributed by atoms with Crippen molar-refractivity contribution in [2.45, 2.75) is 38.3 Å². The Bertz CT molecular complexity index is 385. The third-order valence-electron chi connectivity index (χ3n) is 2.68. The molecule has 0 bridgehead atoms. The van der Waals surface area contributed by atoms with Crippen LogP contribution in [0, 0.1) is 7.14 Å². The molecular formula is C12H17I2NO2. The molecule has 4 N–H and O–H groups in total. The maximum absolute atomic E-state index is 9.97. The van der Waals surface area contributed by atoms with Gasteiger partial charge in [-0.2, -0.15) is 0 Å². The van der Waals surface area contributed by atoms with Gasteiger partial charge in [0, 0.05) is 9.13 Å². The van der Waals surface area contributed by atoms with Crippen LogP contribution < -0.4 is 5.73 Å². The van der Waals surface area contributed by atoms with Crippen molar-refractivity contribution in [1.82, 2.24) is 0 Å². The van der Waals surface area contributed by atoms with Crippen molar-refractivity contribution in [1.29, 1.82) is 0 Å². The van der Waals surface area contributed by atoms with Crippen molar-refractivity contribution in [2.75, 3.05) is 0 Å². The number of hydrogen-bond acceptors (Lipinski definition) is 3. The standard InChI is InChI=1S/C12H17I2NO2/c1-2-3-4-10(16)11(15)8-5-7(13)6-9(14)12(8)17/h5-6,10-11,16-17H,2-4,15H2,1H3/t10-,11+/m1/s1. The lowest BCUT2D eigenvalue weighted by Crippen LogP contribution is -2.26. The Labute approximate surface area is 129 Å². The Morgan fingerprint density at radius 2 is 2.00 bits per heavy atom. The monoisotopic (exact) mass is 461 g/mol. The Kier molecular flexibility index (Phi) is 6.46. The van der Waals surface area contributed by atoms with Gasteiger partial charge in [-0.25, -0.2) is 0 Å². The number of aliphatic hydroxyl groups excluding tert-OH is 1. The molecule has 0 aliphatic carbocycles. The van der Waals surface area contributed by atoms with Crippen molar-refractivity contribution in [3.8, 4) is 5.75 Å². The van der Waals surface area contributed by atoms with E-state index in [2.05, 4.69) is 52.1 Å². The van der Waals surface area contributed by atoms with Crippen molar-refractivity contribution in [3.63, 3.8) is 0 Å². The number of benzene rings is 1. The summed E-state index contributed by atoms with van der Waals surface area (Å²) in [6.45, 7) is 2.07. The van der Waals surface area contributed by atoms with Gasteiger partial charge in [-0.1, -0.05) is 19.8 Å². The molecule has 0 radical (unpaired) electrons. The smallest absolute Gasteiger partial charge is 0.133 e. The normalized spacial score (nSPS) is 14.6. The molecule has 0 saturated carbocycles. The van der Waals surface area contributed by atoms with Gasteiger partial charge in [0.05, 0.1) is 15.7 Å². The van der Waals surface area contributed by atoms with E-state index in [0.29, 0.717) is 12.0 Å². The van der Waals surface area contributed by atoms with Gasteiger partial charge in [-0.15, -0.1) is 0 Å². The molecule has 5 heteroatoms. The van der Waals surface area contributed by atoms with E-state index < -0.39 is 12.1 Å². The van der Waals surface area contributed by atoms with E-state index >= 15 is 0 Å². The van der Waals surface area contributed by atoms with Crippen LogP contribution in [0.3, 0.4) is 0 Å². The van der Waals surface area contributed by atoms with E-state index in [0.717, 1.165) is 20.0 Å². The molecule has 0 unspecified atom stereocenters. The molecule has 0 aliphatic heterocycles. The van der Waals surface area contributed by atoms with Gasteiger partial charge in [-0.3, -0.25) is 0 Å². The van der Waals surface area contributed by atoms with Crippen LogP contribution >= 0.6 is 45.2 Å². The fraction of sp³-hybridized carbons (Fsp3) is 0.500. The lowest BCUT2D eigenvalue weighted by molar-refractivity contribution is 0.131. The summed E-state index contributed by atoms with van der Waals surface area (Å²) >= 11 is 4.25. The number of rotatable bonds is 5. The molecule has 0 heterocycles. The van der Waals surface area contributed by atoms with Crippen LogP contribution in [0.4, 0.5) is 0 Å². The first-order valence-electron chi connectivity index (χ1n) is 5.59. The maximum Gasteiger partial charge on any atom is 0.133 e. The number of aromatic hydroxyl groups is 1. The Balaban J connectivity index is 2.91. The van der Waals surface area contributed by atoms with Crippen LogP contribution in [0.25, 0.3) is 0 Å². The predicted molar refractivity (Wildman–Crippen MR) is 86.0 cm³/mol. The Hall–Kier alpha value is 0.400. The van der Waals surface area contributed by atoms with E-state index in [4.69, 9.17) is 5.73 Å². The molecular weight excluding hydrogens is 444 g/mol. The van der Waals surface area contributed by atoms with Crippen LogP contribution in [-0.4, -0.2) is 16.3 Å². The van der Waals surface area contributed by atoms with Gasteiger partial charge in [0.1, 0.15) is 5.75 Å². The maximum atomic E-state index is 9.97. The zero-order valence-electron chi connectivity index (χ0n) is 9.66. The van der Waals surface area contributed by atoms with Gasteiger partial charge >= 0.3 is 0 Å². The van der Waals surface area contributed by atoms with E-state index in [1.807, 2.05) is 12.1 Å². The number of halogens is 2. The van der Waals surface area contributed by atoms with Gasteiger partial charge < -0.3 is 15.9 Å². The Morgan fingerprint density at radius 1 is 1.35 bits per heavy atom. The molecule has 0 aromatic heterocycles. The molecule has 96 valence electrons. The fourth-order valence-electron chi connectivity index (χ4n) is 1.64. The molecule has 0 amide bonds. The van der Waals surface area contributed by atoms with Crippen LogP contribution in [0.5, 0.6) is 5.75 Å². The molecule has 0 fully saturated rings. The first-order valence-corrected chi connectivity index (χ1v) is 7.74. The van der Waals surface area contributed by atoms with Gasteiger partial charge in [0.2, 0.25) is 0 Å². The summed E-state index contributed by atoms with van der Waals surface area (Å²) in [6.07, 6.45) is 2.03. The highest BCUT2D eigenvalue weighted by Crippen LogP contribution is 2.32. The van der Waals surface area contributed by atoms with Crippen molar-refractivity contribution < 1.29 is 10.2 Å². The summed E-state index contributed by atoms with van der Waals surface area (Å²) in [7, 11) is 0. The summed E-state index contributed by atoms with van der Waals surface area (Å²) < 4.78 is 1.78. The lowest BCUT2D eigenvalue weighted by atomic mass is 9.98. The van der Waals surface area contributed by atoms with E-state index in [-0.39, 0.29) is 5.75 Å². The summed E-state index contributed by atoms with van der Waals surface area (Å²) in [5.74, 6) is 0.189. The minimum absolute atomic E-state index is 0.189. The molecule has 0 spiro atoms. The summed E-state index contributed by atoms with van der Waals surface area (Å²) in [4.78, 5) is 0. The molecule has 17 heavy (non-hydrogen) atoms. The highest BCUT2D eigenvalue weighted by Gasteiger charge is 2.21. The SMILES string of the molecule is CCCC[C@@H](O)[C@@H](N)c1cc(I)cc(I)c1O. The molecule has 1 aromatic rings. The van der Waals surface area contributed by atoms with Crippen LogP contribution in [0.2, 0.25) is 0 Å². The quantitative estimate of drug-likeness (QED) is 0.591. The summed E-state index contributed by atoms with van der Waals surface area (Å²) in [5, 5.41) is 19.9. The minimum Gasteiger partial charge on any atom is -0.506 e. The highest BCUT2D eigenvalue weighted by molar-refractivity contribution is 14.1. The molecule has 1 rings (SSSR count).